The van der Waals surface area contributed by atoms with E-state index >= 15 is 0 Å². The smallest absolute Gasteiger partial charge is 0.160 e. The Morgan fingerprint density at radius 3 is 2.54 bits per heavy atom. The van der Waals surface area contributed by atoms with Crippen LogP contribution in [0.5, 0.6) is 0 Å². The molecule has 70 valence electrons. The van der Waals surface area contributed by atoms with E-state index in [9.17, 15) is 4.79 Å². The van der Waals surface area contributed by atoms with Crippen LogP contribution >= 0.6 is 0 Å². The summed E-state index contributed by atoms with van der Waals surface area (Å²) in [6, 6.07) is 7.92. The number of Topliss-reactive ketones (excluding diaryl/α,β-unsaturated/α-hetero) is 1. The Morgan fingerprint density at radius 2 is 2.00 bits per heavy atom. The molecule has 0 radical (unpaired) electrons. The van der Waals surface area contributed by atoms with Gasteiger partial charge in [-0.25, -0.2) is 0 Å². The summed E-state index contributed by atoms with van der Waals surface area (Å²) in [5, 5.41) is 3.12. The van der Waals surface area contributed by atoms with Crippen LogP contribution in [0.15, 0.2) is 24.3 Å². The number of carbonyl (C=O) groups excluding carboxylic acids is 1. The lowest BCUT2D eigenvalue weighted by molar-refractivity contribution is 0.101. The topological polar surface area (TPSA) is 29.1 Å². The van der Waals surface area contributed by atoms with Gasteiger partial charge in [0.25, 0.3) is 0 Å². The van der Waals surface area contributed by atoms with E-state index in [-0.39, 0.29) is 11.8 Å². The molecule has 0 fully saturated rings. The number of rotatable bonds is 3. The van der Waals surface area contributed by atoms with E-state index < -0.39 is 0 Å². The summed E-state index contributed by atoms with van der Waals surface area (Å²) in [6.45, 7) is 3.64. The molecule has 0 aliphatic carbocycles. The average molecular weight is 177 g/mol. The zero-order valence-electron chi connectivity index (χ0n) is 8.29. The minimum Gasteiger partial charge on any atom is -0.313 e. The summed E-state index contributed by atoms with van der Waals surface area (Å²) < 4.78 is 0. The molecule has 0 heterocycles. The molecule has 0 amide bonds. The summed E-state index contributed by atoms with van der Waals surface area (Å²) in [4.78, 5) is 11.3. The van der Waals surface area contributed by atoms with Crippen LogP contribution in [0.25, 0.3) is 0 Å². The number of benzene rings is 1. The zero-order valence-corrected chi connectivity index (χ0v) is 8.29. The second kappa shape index (κ2) is 4.19. The molecule has 0 saturated carbocycles. The Balaban J connectivity index is 3.11. The number of ketones is 1. The van der Waals surface area contributed by atoms with Crippen molar-refractivity contribution in [2.24, 2.45) is 0 Å². The highest BCUT2D eigenvalue weighted by Crippen LogP contribution is 2.17. The molecule has 0 bridgehead atoms. The van der Waals surface area contributed by atoms with Crippen LogP contribution in [0.1, 0.15) is 35.8 Å². The van der Waals surface area contributed by atoms with E-state index in [0.29, 0.717) is 0 Å². The van der Waals surface area contributed by atoms with Gasteiger partial charge in [0.2, 0.25) is 0 Å². The van der Waals surface area contributed by atoms with Crippen LogP contribution < -0.4 is 5.32 Å². The largest absolute Gasteiger partial charge is 0.313 e. The van der Waals surface area contributed by atoms with Gasteiger partial charge in [-0.15, -0.1) is 0 Å². The SMILES string of the molecule is CN[C@H](C)c1ccccc1C(C)=O. The Morgan fingerprint density at radius 1 is 1.38 bits per heavy atom. The van der Waals surface area contributed by atoms with Crippen molar-refractivity contribution in [3.05, 3.63) is 35.4 Å². The van der Waals surface area contributed by atoms with Crippen molar-refractivity contribution in [2.75, 3.05) is 7.05 Å². The molecule has 13 heavy (non-hydrogen) atoms. The molecule has 0 spiro atoms. The molecule has 0 saturated heterocycles. The van der Waals surface area contributed by atoms with Gasteiger partial charge in [-0.05, 0) is 26.5 Å². The highest BCUT2D eigenvalue weighted by atomic mass is 16.1. The van der Waals surface area contributed by atoms with Crippen molar-refractivity contribution >= 4 is 5.78 Å². The lowest BCUT2D eigenvalue weighted by atomic mass is 9.99. The number of carbonyl (C=O) groups is 1. The Kier molecular flexibility index (Phi) is 3.20. The van der Waals surface area contributed by atoms with Crippen LogP contribution in [0.2, 0.25) is 0 Å². The van der Waals surface area contributed by atoms with E-state index in [4.69, 9.17) is 0 Å². The molecule has 1 rings (SSSR count). The maximum absolute atomic E-state index is 11.3. The van der Waals surface area contributed by atoms with Crippen molar-refractivity contribution in [3.63, 3.8) is 0 Å². The van der Waals surface area contributed by atoms with Crippen molar-refractivity contribution in [1.82, 2.24) is 5.32 Å². The second-order valence-corrected chi connectivity index (χ2v) is 3.15. The molecule has 1 N–H and O–H groups in total. The van der Waals surface area contributed by atoms with Crippen molar-refractivity contribution in [3.8, 4) is 0 Å². The van der Waals surface area contributed by atoms with Crippen LogP contribution in [-0.2, 0) is 0 Å². The lowest BCUT2D eigenvalue weighted by Gasteiger charge is -2.13. The third-order valence-electron chi connectivity index (χ3n) is 2.24. The molecule has 0 aliphatic heterocycles. The van der Waals surface area contributed by atoms with Crippen LogP contribution in [0.3, 0.4) is 0 Å². The third-order valence-corrected chi connectivity index (χ3v) is 2.24. The third kappa shape index (κ3) is 2.16. The van der Waals surface area contributed by atoms with Crippen molar-refractivity contribution in [1.29, 1.82) is 0 Å². The molecular weight excluding hydrogens is 162 g/mol. The van der Waals surface area contributed by atoms with Gasteiger partial charge in [0.15, 0.2) is 5.78 Å². The molecule has 1 aromatic carbocycles. The maximum Gasteiger partial charge on any atom is 0.160 e. The molecule has 0 aromatic heterocycles. The highest BCUT2D eigenvalue weighted by Gasteiger charge is 2.10. The Labute approximate surface area is 79.0 Å². The molecule has 2 heteroatoms. The first-order valence-electron chi connectivity index (χ1n) is 4.44. The van der Waals surface area contributed by atoms with Crippen LogP contribution in [0, 0.1) is 0 Å². The van der Waals surface area contributed by atoms with Gasteiger partial charge in [0.1, 0.15) is 0 Å². The van der Waals surface area contributed by atoms with E-state index in [2.05, 4.69) is 5.32 Å². The highest BCUT2D eigenvalue weighted by molar-refractivity contribution is 5.95. The van der Waals surface area contributed by atoms with Gasteiger partial charge in [0.05, 0.1) is 0 Å². The minimum atomic E-state index is 0.123. The molecule has 0 unspecified atom stereocenters. The van der Waals surface area contributed by atoms with Gasteiger partial charge in [-0.2, -0.15) is 0 Å². The number of nitrogens with one attached hydrogen (secondary N) is 1. The van der Waals surface area contributed by atoms with Gasteiger partial charge < -0.3 is 5.32 Å². The quantitative estimate of drug-likeness (QED) is 0.717. The van der Waals surface area contributed by atoms with Gasteiger partial charge >= 0.3 is 0 Å². The zero-order chi connectivity index (χ0) is 9.84. The Hall–Kier alpha value is -1.15. The summed E-state index contributed by atoms with van der Waals surface area (Å²) in [6.07, 6.45) is 0. The minimum absolute atomic E-state index is 0.123. The van der Waals surface area contributed by atoms with Gasteiger partial charge in [-0.1, -0.05) is 24.3 Å². The fourth-order valence-corrected chi connectivity index (χ4v) is 1.35. The first-order chi connectivity index (χ1) is 6.16. The maximum atomic E-state index is 11.3. The van der Waals surface area contributed by atoms with Crippen LogP contribution in [0.4, 0.5) is 0 Å². The van der Waals surface area contributed by atoms with Crippen LogP contribution in [-0.4, -0.2) is 12.8 Å². The fourth-order valence-electron chi connectivity index (χ4n) is 1.35. The number of hydrogen-bond donors (Lipinski definition) is 1. The van der Waals surface area contributed by atoms with E-state index in [1.165, 1.54) is 0 Å². The predicted octanol–water partition coefficient (Wildman–Crippen LogP) is 2.17. The molecule has 0 aliphatic rings. The van der Waals surface area contributed by atoms with Gasteiger partial charge in [0, 0.05) is 11.6 Å². The average Bonchev–Trinajstić information content (AvgIpc) is 2.16. The fraction of sp³-hybridized carbons (Fsp3) is 0.364. The molecule has 1 aromatic rings. The summed E-state index contributed by atoms with van der Waals surface area (Å²) >= 11 is 0. The molecule has 1 atom stereocenters. The first kappa shape index (κ1) is 9.93. The predicted molar refractivity (Wildman–Crippen MR) is 53.9 cm³/mol. The van der Waals surface area contributed by atoms with E-state index in [1.807, 2.05) is 38.2 Å². The van der Waals surface area contributed by atoms with E-state index in [1.54, 1.807) is 6.92 Å². The summed E-state index contributed by atoms with van der Waals surface area (Å²) in [5.74, 6) is 0.123. The van der Waals surface area contributed by atoms with Crippen molar-refractivity contribution < 1.29 is 4.79 Å². The Bertz CT molecular complexity index is 307. The van der Waals surface area contributed by atoms with Crippen molar-refractivity contribution in [2.45, 2.75) is 19.9 Å². The standard InChI is InChI=1S/C11H15NO/c1-8(12-3)10-6-4-5-7-11(10)9(2)13/h4-8,12H,1-3H3/t8-/m1/s1. The number of hydrogen-bond acceptors (Lipinski definition) is 2. The van der Waals surface area contributed by atoms with E-state index in [0.717, 1.165) is 11.1 Å². The second-order valence-electron chi connectivity index (χ2n) is 3.15. The first-order valence-corrected chi connectivity index (χ1v) is 4.44. The summed E-state index contributed by atoms with van der Waals surface area (Å²) in [5.41, 5.74) is 1.88. The summed E-state index contributed by atoms with van der Waals surface area (Å²) in [7, 11) is 1.89. The molecule has 2 nitrogen and oxygen atoms in total. The lowest BCUT2D eigenvalue weighted by Crippen LogP contribution is -2.15. The van der Waals surface area contributed by atoms with Gasteiger partial charge in [-0.3, -0.25) is 4.79 Å². The monoisotopic (exact) mass is 177 g/mol. The normalized spacial score (nSPS) is 12.5. The molecular formula is C11H15NO.